The molecule has 0 heterocycles. The molecule has 0 aromatic heterocycles. The highest BCUT2D eigenvalue weighted by Gasteiger charge is 2.23. The molecule has 6 nitrogen and oxygen atoms in total. The van der Waals surface area contributed by atoms with Crippen LogP contribution in [-0.2, 0) is 14.3 Å². The normalized spacial score (nSPS) is 13.7. The number of ether oxygens (including phenoxy) is 1. The lowest BCUT2D eigenvalue weighted by Gasteiger charge is -2.23. The summed E-state index contributed by atoms with van der Waals surface area (Å²) in [6.07, 6.45) is 67.1. The third kappa shape index (κ3) is 47.6. The Labute approximate surface area is 402 Å². The number of aliphatic hydroxyl groups excluding tert-OH is 2. The predicted molar refractivity (Wildman–Crippen MR) is 282 cm³/mol. The van der Waals surface area contributed by atoms with Gasteiger partial charge in [-0.05, 0) is 76.7 Å². The molecule has 6 heteroatoms. The molecule has 0 radical (unpaired) electrons. The Balaban J connectivity index is 4.65. The van der Waals surface area contributed by atoms with Gasteiger partial charge in [0.25, 0.3) is 0 Å². The molecule has 0 aliphatic rings. The van der Waals surface area contributed by atoms with Gasteiger partial charge in [0.2, 0.25) is 5.91 Å². The lowest BCUT2D eigenvalue weighted by atomic mass is 10.0. The minimum absolute atomic E-state index is 0.0488. The minimum Gasteiger partial charge on any atom is -0.458 e. The standard InChI is InChI=1S/C59H105NO5/c1-4-7-10-13-16-19-22-25-28-29-31-33-36-39-42-45-48-51-57(62)56(54-61)60-58(63)53-55(50-47-44-41-38-35-32-27-24-21-18-15-12-9-6-3)65-59(64)52-49-46-43-40-37-34-30-26-23-20-17-14-11-8-5-2/h9,12,18,20-21,23,27,32,38,41,47,50,55-57,61-62H,4-8,10-11,13-17,19,22,24-26,28-31,33-37,39-40,42-46,48-49,51-54H2,1-3H3,(H,60,63)/b12-9+,21-18+,23-20-,32-27+,41-38+,50-47+. The number of amides is 1. The Bertz CT molecular complexity index is 1200. The molecule has 0 saturated heterocycles. The molecule has 65 heavy (non-hydrogen) atoms. The van der Waals surface area contributed by atoms with E-state index in [1.165, 1.54) is 154 Å². The second kappa shape index (κ2) is 52.3. The zero-order valence-electron chi connectivity index (χ0n) is 42.9. The number of hydrogen-bond donors (Lipinski definition) is 3. The molecule has 0 aliphatic carbocycles. The van der Waals surface area contributed by atoms with Gasteiger partial charge in [0, 0.05) is 6.42 Å². The highest BCUT2D eigenvalue weighted by molar-refractivity contribution is 5.78. The predicted octanol–water partition coefficient (Wildman–Crippen LogP) is 17.0. The van der Waals surface area contributed by atoms with Crippen LogP contribution in [0.5, 0.6) is 0 Å². The first-order valence-electron chi connectivity index (χ1n) is 27.7. The summed E-state index contributed by atoms with van der Waals surface area (Å²) in [5, 5.41) is 23.8. The fourth-order valence-corrected chi connectivity index (χ4v) is 8.09. The van der Waals surface area contributed by atoms with Crippen LogP contribution >= 0.6 is 0 Å². The Morgan fingerprint density at radius 2 is 0.862 bits per heavy atom. The zero-order chi connectivity index (χ0) is 47.4. The number of aliphatic hydroxyl groups is 2. The van der Waals surface area contributed by atoms with E-state index in [1.54, 1.807) is 6.08 Å². The molecular weight excluding hydrogens is 803 g/mol. The van der Waals surface area contributed by atoms with Crippen LogP contribution < -0.4 is 5.32 Å². The highest BCUT2D eigenvalue weighted by atomic mass is 16.5. The number of carbonyl (C=O) groups excluding carboxylic acids is 2. The monoisotopic (exact) mass is 908 g/mol. The average molecular weight is 908 g/mol. The van der Waals surface area contributed by atoms with Crippen molar-refractivity contribution in [1.82, 2.24) is 5.32 Å². The van der Waals surface area contributed by atoms with Crippen molar-refractivity contribution in [3.63, 3.8) is 0 Å². The van der Waals surface area contributed by atoms with Gasteiger partial charge < -0.3 is 20.3 Å². The molecule has 0 spiro atoms. The topological polar surface area (TPSA) is 95.9 Å². The van der Waals surface area contributed by atoms with Gasteiger partial charge in [0.1, 0.15) is 6.10 Å². The van der Waals surface area contributed by atoms with E-state index in [4.69, 9.17) is 4.74 Å². The summed E-state index contributed by atoms with van der Waals surface area (Å²) in [5.74, 6) is -0.630. The quantitative estimate of drug-likeness (QED) is 0.0321. The molecule has 0 rings (SSSR count). The molecule has 0 fully saturated rings. The summed E-state index contributed by atoms with van der Waals surface area (Å²) in [7, 11) is 0. The lowest BCUT2D eigenvalue weighted by Crippen LogP contribution is -2.46. The maximum absolute atomic E-state index is 13.2. The van der Waals surface area contributed by atoms with E-state index >= 15 is 0 Å². The number of hydrogen-bond acceptors (Lipinski definition) is 5. The maximum atomic E-state index is 13.2. The molecule has 0 saturated carbocycles. The van der Waals surface area contributed by atoms with Crippen molar-refractivity contribution in [3.05, 3.63) is 72.9 Å². The molecule has 376 valence electrons. The summed E-state index contributed by atoms with van der Waals surface area (Å²) in [6, 6.07) is -0.745. The number of rotatable bonds is 49. The van der Waals surface area contributed by atoms with Gasteiger partial charge >= 0.3 is 5.97 Å². The van der Waals surface area contributed by atoms with Crippen molar-refractivity contribution in [2.75, 3.05) is 6.61 Å². The van der Waals surface area contributed by atoms with Crippen LogP contribution in [0.3, 0.4) is 0 Å². The molecule has 3 unspecified atom stereocenters. The SMILES string of the molecule is CC/C=C/C/C=C/C/C=C/C/C=C/C/C=C/C(CC(=O)NC(CO)C(O)CCCCCCCCCCCCCCCCCCC)OC(=O)CCCCCCCCC/C=C\CCCCCC. The van der Waals surface area contributed by atoms with Crippen molar-refractivity contribution >= 4 is 11.9 Å². The van der Waals surface area contributed by atoms with E-state index in [-0.39, 0.29) is 24.9 Å². The van der Waals surface area contributed by atoms with Crippen LogP contribution in [0.1, 0.15) is 265 Å². The number of nitrogens with one attached hydrogen (secondary N) is 1. The smallest absolute Gasteiger partial charge is 0.306 e. The lowest BCUT2D eigenvalue weighted by molar-refractivity contribution is -0.148. The van der Waals surface area contributed by atoms with Gasteiger partial charge in [-0.1, -0.05) is 248 Å². The molecule has 1 amide bonds. The molecule has 0 aliphatic heterocycles. The first kappa shape index (κ1) is 62.3. The van der Waals surface area contributed by atoms with Crippen LogP contribution in [0.2, 0.25) is 0 Å². The second-order valence-electron chi connectivity index (χ2n) is 18.6. The zero-order valence-corrected chi connectivity index (χ0v) is 42.9. The summed E-state index contributed by atoms with van der Waals surface area (Å²) < 4.78 is 5.83. The van der Waals surface area contributed by atoms with Gasteiger partial charge in [0.05, 0.1) is 25.2 Å². The van der Waals surface area contributed by atoms with Crippen molar-refractivity contribution < 1.29 is 24.5 Å². The molecule has 0 aromatic rings. The van der Waals surface area contributed by atoms with Crippen molar-refractivity contribution in [3.8, 4) is 0 Å². The number of carbonyl (C=O) groups is 2. The van der Waals surface area contributed by atoms with Crippen molar-refractivity contribution in [2.24, 2.45) is 0 Å². The van der Waals surface area contributed by atoms with E-state index < -0.39 is 18.2 Å². The number of esters is 1. The summed E-state index contributed by atoms with van der Waals surface area (Å²) >= 11 is 0. The molecule has 3 atom stereocenters. The Kier molecular flexibility index (Phi) is 50.1. The summed E-state index contributed by atoms with van der Waals surface area (Å²) in [4.78, 5) is 26.1. The van der Waals surface area contributed by atoms with Gasteiger partial charge in [-0.25, -0.2) is 0 Å². The van der Waals surface area contributed by atoms with E-state index in [9.17, 15) is 19.8 Å². The van der Waals surface area contributed by atoms with Crippen LogP contribution in [0, 0.1) is 0 Å². The maximum Gasteiger partial charge on any atom is 0.306 e. The molecule has 0 bridgehead atoms. The van der Waals surface area contributed by atoms with Crippen LogP contribution in [0.4, 0.5) is 0 Å². The molecular formula is C59H105NO5. The average Bonchev–Trinajstić information content (AvgIpc) is 3.30. The van der Waals surface area contributed by atoms with E-state index in [0.717, 1.165) is 64.2 Å². The highest BCUT2D eigenvalue weighted by Crippen LogP contribution is 2.17. The number of unbranched alkanes of at least 4 members (excludes halogenated alkanes) is 27. The van der Waals surface area contributed by atoms with Crippen LogP contribution in [-0.4, -0.2) is 46.9 Å². The van der Waals surface area contributed by atoms with Gasteiger partial charge in [0.15, 0.2) is 0 Å². The van der Waals surface area contributed by atoms with Gasteiger partial charge in [-0.3, -0.25) is 9.59 Å². The minimum atomic E-state index is -0.822. The van der Waals surface area contributed by atoms with E-state index in [2.05, 4.69) is 86.8 Å². The first-order valence-corrected chi connectivity index (χ1v) is 27.7. The molecule has 3 N–H and O–H groups in total. The largest absolute Gasteiger partial charge is 0.458 e. The third-order valence-corrected chi connectivity index (χ3v) is 12.3. The second-order valence-corrected chi connectivity index (χ2v) is 18.6. The fraction of sp³-hybridized carbons (Fsp3) is 0.763. The fourth-order valence-electron chi connectivity index (χ4n) is 8.09. The third-order valence-electron chi connectivity index (χ3n) is 12.3. The van der Waals surface area contributed by atoms with Crippen molar-refractivity contribution in [2.45, 2.75) is 283 Å². The van der Waals surface area contributed by atoms with E-state index in [0.29, 0.717) is 19.3 Å². The van der Waals surface area contributed by atoms with Crippen LogP contribution in [0.15, 0.2) is 72.9 Å². The first-order chi connectivity index (χ1) is 32.0. The molecule has 0 aromatic carbocycles. The van der Waals surface area contributed by atoms with Crippen LogP contribution in [0.25, 0.3) is 0 Å². The van der Waals surface area contributed by atoms with Gasteiger partial charge in [-0.2, -0.15) is 0 Å². The Hall–Kier alpha value is -2.70. The number of allylic oxidation sites excluding steroid dienone is 11. The Morgan fingerprint density at radius 1 is 0.477 bits per heavy atom. The van der Waals surface area contributed by atoms with Gasteiger partial charge in [-0.15, -0.1) is 0 Å². The van der Waals surface area contributed by atoms with Crippen molar-refractivity contribution in [1.29, 1.82) is 0 Å². The van der Waals surface area contributed by atoms with E-state index in [1.807, 2.05) is 6.08 Å². The summed E-state index contributed by atoms with van der Waals surface area (Å²) in [6.45, 7) is 6.34. The summed E-state index contributed by atoms with van der Waals surface area (Å²) in [5.41, 5.74) is 0. The Morgan fingerprint density at radius 3 is 1.31 bits per heavy atom.